The number of nitrogens with one attached hydrogen (secondary N) is 2. The molecule has 0 bridgehead atoms. The van der Waals surface area contributed by atoms with Crippen LogP contribution in [0.2, 0.25) is 0 Å². The SMILES string of the molecule is CCN1C(=O)N[C@H](c2ccc(C)cc2C)C2=C1CN([C@H](Cc1ccccc1)C(=O)NC1CCN(Cc3ccccc3)CC1)C2=O. The Hall–Kier alpha value is -4.43. The fraction of sp³-hybridized carbons (Fsp3) is 0.378. The Morgan fingerprint density at radius 2 is 1.60 bits per heavy atom. The van der Waals surface area contributed by atoms with Gasteiger partial charge in [-0.2, -0.15) is 0 Å². The van der Waals surface area contributed by atoms with Gasteiger partial charge in [-0.1, -0.05) is 84.4 Å². The van der Waals surface area contributed by atoms with Crippen molar-refractivity contribution in [1.29, 1.82) is 0 Å². The van der Waals surface area contributed by atoms with E-state index in [0.717, 1.165) is 54.7 Å². The molecule has 0 aromatic heterocycles. The number of amides is 4. The minimum atomic E-state index is -0.707. The van der Waals surface area contributed by atoms with Gasteiger partial charge >= 0.3 is 6.03 Å². The minimum Gasteiger partial charge on any atom is -0.351 e. The predicted molar refractivity (Wildman–Crippen MR) is 175 cm³/mol. The second-order valence-corrected chi connectivity index (χ2v) is 12.5. The van der Waals surface area contributed by atoms with Crippen LogP contribution < -0.4 is 10.6 Å². The first-order chi connectivity index (χ1) is 21.8. The zero-order valence-electron chi connectivity index (χ0n) is 26.5. The van der Waals surface area contributed by atoms with Crippen LogP contribution in [-0.4, -0.2) is 70.8 Å². The standard InChI is InChI=1S/C37H43N5O3/c1-4-41-32-24-42(36(44)33(32)34(39-37(41)45)30-16-15-25(2)21-26(30)3)31(22-27-11-7-5-8-12-27)35(43)38-29-17-19-40(20-18-29)23-28-13-9-6-10-14-28/h5-16,21,29,31,34H,4,17-20,22-24H2,1-3H3,(H,38,43)(H,39,45)/t31-,34-/m1/s1. The van der Waals surface area contributed by atoms with E-state index < -0.39 is 12.1 Å². The van der Waals surface area contributed by atoms with Gasteiger partial charge in [0.2, 0.25) is 5.91 Å². The highest BCUT2D eigenvalue weighted by Gasteiger charge is 2.47. The molecule has 4 amide bonds. The zero-order valence-corrected chi connectivity index (χ0v) is 26.5. The summed E-state index contributed by atoms with van der Waals surface area (Å²) in [6.45, 7) is 9.31. The van der Waals surface area contributed by atoms with Gasteiger partial charge in [-0.25, -0.2) is 4.79 Å². The summed E-state index contributed by atoms with van der Waals surface area (Å²) < 4.78 is 0. The van der Waals surface area contributed by atoms with Gasteiger partial charge < -0.3 is 15.5 Å². The van der Waals surface area contributed by atoms with Crippen LogP contribution in [0.15, 0.2) is 90.1 Å². The Morgan fingerprint density at radius 3 is 2.24 bits per heavy atom. The molecule has 3 heterocycles. The van der Waals surface area contributed by atoms with Crippen LogP contribution in [0.5, 0.6) is 0 Å². The molecule has 3 aromatic rings. The van der Waals surface area contributed by atoms with E-state index >= 15 is 0 Å². The molecule has 0 aliphatic carbocycles. The highest BCUT2D eigenvalue weighted by atomic mass is 16.2. The Bertz CT molecular complexity index is 1580. The summed E-state index contributed by atoms with van der Waals surface area (Å²) in [6, 6.07) is 25.0. The molecule has 6 rings (SSSR count). The van der Waals surface area contributed by atoms with E-state index in [4.69, 9.17) is 0 Å². The summed E-state index contributed by atoms with van der Waals surface area (Å²) in [5, 5.41) is 6.42. The van der Waals surface area contributed by atoms with Crippen molar-refractivity contribution in [3.05, 3.63) is 118 Å². The van der Waals surface area contributed by atoms with E-state index in [1.54, 1.807) is 9.80 Å². The molecule has 8 nitrogen and oxygen atoms in total. The number of rotatable bonds is 9. The first-order valence-corrected chi connectivity index (χ1v) is 16.1. The van der Waals surface area contributed by atoms with E-state index in [1.807, 2.05) is 69.3 Å². The van der Waals surface area contributed by atoms with Crippen LogP contribution in [0.1, 0.15) is 53.6 Å². The topological polar surface area (TPSA) is 85.0 Å². The normalized spacial score (nSPS) is 19.8. The molecule has 0 radical (unpaired) electrons. The van der Waals surface area contributed by atoms with Crippen molar-refractivity contribution in [2.24, 2.45) is 0 Å². The number of piperidine rings is 1. The van der Waals surface area contributed by atoms with Gasteiger partial charge in [-0.3, -0.25) is 19.4 Å². The van der Waals surface area contributed by atoms with E-state index in [0.29, 0.717) is 24.2 Å². The first-order valence-electron chi connectivity index (χ1n) is 16.1. The molecule has 1 saturated heterocycles. The van der Waals surface area contributed by atoms with Gasteiger partial charge in [0.1, 0.15) is 6.04 Å². The lowest BCUT2D eigenvalue weighted by molar-refractivity contribution is -0.137. The molecule has 3 aliphatic heterocycles. The molecular weight excluding hydrogens is 562 g/mol. The van der Waals surface area contributed by atoms with Crippen molar-refractivity contribution in [2.75, 3.05) is 26.2 Å². The molecule has 1 fully saturated rings. The van der Waals surface area contributed by atoms with Crippen molar-refractivity contribution < 1.29 is 14.4 Å². The maximum absolute atomic E-state index is 14.4. The Balaban J connectivity index is 1.23. The van der Waals surface area contributed by atoms with E-state index in [9.17, 15) is 14.4 Å². The Kier molecular flexibility index (Phi) is 9.03. The maximum Gasteiger partial charge on any atom is 0.322 e. The van der Waals surface area contributed by atoms with Gasteiger partial charge in [-0.05, 0) is 55.9 Å². The van der Waals surface area contributed by atoms with Crippen LogP contribution in [0.4, 0.5) is 4.79 Å². The number of hydrogen-bond acceptors (Lipinski definition) is 4. The summed E-state index contributed by atoms with van der Waals surface area (Å²) in [6.07, 6.45) is 2.11. The lowest BCUT2D eigenvalue weighted by Crippen LogP contribution is -2.53. The lowest BCUT2D eigenvalue weighted by Gasteiger charge is -2.34. The third kappa shape index (κ3) is 6.52. The molecule has 8 heteroatoms. The number of carbonyl (C=O) groups is 3. The highest BCUT2D eigenvalue weighted by molar-refractivity contribution is 6.03. The monoisotopic (exact) mass is 605 g/mol. The number of likely N-dealkylation sites (tertiary alicyclic amines) is 1. The number of urea groups is 1. The summed E-state index contributed by atoms with van der Waals surface area (Å²) >= 11 is 0. The van der Waals surface area contributed by atoms with Crippen molar-refractivity contribution in [2.45, 2.75) is 64.7 Å². The molecule has 3 aliphatic rings. The van der Waals surface area contributed by atoms with Crippen LogP contribution in [-0.2, 0) is 22.6 Å². The lowest BCUT2D eigenvalue weighted by atomic mass is 9.91. The number of nitrogens with zero attached hydrogens (tertiary/aromatic N) is 3. The van der Waals surface area contributed by atoms with Crippen LogP contribution in [0.3, 0.4) is 0 Å². The first kappa shape index (κ1) is 30.6. The summed E-state index contributed by atoms with van der Waals surface area (Å²) in [4.78, 5) is 47.6. The Morgan fingerprint density at radius 1 is 0.933 bits per heavy atom. The molecule has 3 aromatic carbocycles. The fourth-order valence-electron chi connectivity index (χ4n) is 7.04. The third-order valence-electron chi connectivity index (χ3n) is 9.44. The molecular formula is C37H43N5O3. The molecule has 2 N–H and O–H groups in total. The number of carbonyl (C=O) groups excluding carboxylic acids is 3. The number of likely N-dealkylation sites (N-methyl/N-ethyl adjacent to an activating group) is 1. The van der Waals surface area contributed by atoms with Crippen LogP contribution in [0.25, 0.3) is 0 Å². The largest absolute Gasteiger partial charge is 0.351 e. The van der Waals surface area contributed by atoms with E-state index in [1.165, 1.54) is 5.56 Å². The smallest absolute Gasteiger partial charge is 0.322 e. The quantitative estimate of drug-likeness (QED) is 0.364. The van der Waals surface area contributed by atoms with E-state index in [-0.39, 0.29) is 30.4 Å². The molecule has 2 atom stereocenters. The summed E-state index contributed by atoms with van der Waals surface area (Å²) in [5.74, 6) is -0.332. The van der Waals surface area contributed by atoms with Gasteiger partial charge in [0.25, 0.3) is 5.91 Å². The second-order valence-electron chi connectivity index (χ2n) is 12.5. The predicted octanol–water partition coefficient (Wildman–Crippen LogP) is 4.88. The van der Waals surface area contributed by atoms with Gasteiger partial charge in [-0.15, -0.1) is 0 Å². The van der Waals surface area contributed by atoms with Gasteiger partial charge in [0, 0.05) is 38.6 Å². The molecule has 234 valence electrons. The van der Waals surface area contributed by atoms with Crippen molar-refractivity contribution in [3.63, 3.8) is 0 Å². The maximum atomic E-state index is 14.4. The van der Waals surface area contributed by atoms with Crippen LogP contribution >= 0.6 is 0 Å². The average Bonchev–Trinajstić information content (AvgIpc) is 3.38. The highest BCUT2D eigenvalue weighted by Crippen LogP contribution is 2.38. The summed E-state index contributed by atoms with van der Waals surface area (Å²) in [5.41, 5.74) is 6.56. The minimum absolute atomic E-state index is 0.0430. The molecule has 0 unspecified atom stereocenters. The number of aryl methyl sites for hydroxylation is 2. The second kappa shape index (κ2) is 13.3. The molecule has 0 spiro atoms. The average molecular weight is 606 g/mol. The van der Waals surface area contributed by atoms with E-state index in [2.05, 4.69) is 45.9 Å². The fourth-order valence-corrected chi connectivity index (χ4v) is 7.04. The van der Waals surface area contributed by atoms with Gasteiger partial charge in [0.15, 0.2) is 0 Å². The molecule has 45 heavy (non-hydrogen) atoms. The van der Waals surface area contributed by atoms with Crippen LogP contribution in [0, 0.1) is 13.8 Å². The van der Waals surface area contributed by atoms with Gasteiger partial charge in [0.05, 0.1) is 23.9 Å². The third-order valence-corrected chi connectivity index (χ3v) is 9.44. The van der Waals surface area contributed by atoms with Crippen molar-refractivity contribution >= 4 is 17.8 Å². The van der Waals surface area contributed by atoms with Crippen molar-refractivity contribution in [1.82, 2.24) is 25.3 Å². The summed E-state index contributed by atoms with van der Waals surface area (Å²) in [7, 11) is 0. The molecule has 0 saturated carbocycles. The number of hydrogen-bond donors (Lipinski definition) is 2. The van der Waals surface area contributed by atoms with Crippen molar-refractivity contribution in [3.8, 4) is 0 Å². The zero-order chi connectivity index (χ0) is 31.5. The number of benzene rings is 3. The Labute approximate surface area is 266 Å².